The Kier molecular flexibility index (Phi) is 1.10. The van der Waals surface area contributed by atoms with E-state index >= 15 is 0 Å². The fourth-order valence-electron chi connectivity index (χ4n) is 2.27. The van der Waals surface area contributed by atoms with Gasteiger partial charge in [0.1, 0.15) is 0 Å². The van der Waals surface area contributed by atoms with Gasteiger partial charge in [-0.15, -0.1) is 0 Å². The second-order valence-corrected chi connectivity index (χ2v) is 3.69. The largest absolute Gasteiger partial charge is 0.381 e. The lowest BCUT2D eigenvalue weighted by Gasteiger charge is -2.05. The van der Waals surface area contributed by atoms with Crippen LogP contribution >= 0.6 is 0 Å². The van der Waals surface area contributed by atoms with E-state index in [9.17, 15) is 0 Å². The van der Waals surface area contributed by atoms with E-state index in [1.54, 1.807) is 0 Å². The number of ether oxygens (including phenoxy) is 1. The molecule has 1 aliphatic carbocycles. The van der Waals surface area contributed by atoms with Gasteiger partial charge in [0.2, 0.25) is 0 Å². The van der Waals surface area contributed by atoms with Gasteiger partial charge in [-0.1, -0.05) is 13.8 Å². The molecule has 2 aliphatic rings. The first kappa shape index (κ1) is 5.72. The highest BCUT2D eigenvalue weighted by Gasteiger charge is 2.54. The van der Waals surface area contributed by atoms with Crippen molar-refractivity contribution in [2.24, 2.45) is 23.7 Å². The molecule has 1 nitrogen and oxygen atoms in total. The third kappa shape index (κ3) is 0.710. The first-order valence-corrected chi connectivity index (χ1v) is 3.88. The van der Waals surface area contributed by atoms with Crippen LogP contribution < -0.4 is 0 Å². The van der Waals surface area contributed by atoms with Crippen molar-refractivity contribution >= 4 is 0 Å². The Balaban J connectivity index is 1.94. The van der Waals surface area contributed by atoms with Gasteiger partial charge in [-0.2, -0.15) is 0 Å². The summed E-state index contributed by atoms with van der Waals surface area (Å²) in [5.74, 6) is 3.80. The maximum Gasteiger partial charge on any atom is 0.0500 e. The molecule has 0 aromatic rings. The highest BCUT2D eigenvalue weighted by Crippen LogP contribution is 2.54. The summed E-state index contributed by atoms with van der Waals surface area (Å²) in [6.07, 6.45) is 0. The van der Waals surface area contributed by atoms with Crippen LogP contribution in [0.5, 0.6) is 0 Å². The Hall–Kier alpha value is -0.0400. The van der Waals surface area contributed by atoms with Gasteiger partial charge in [-0.05, 0) is 23.7 Å². The van der Waals surface area contributed by atoms with Gasteiger partial charge >= 0.3 is 0 Å². The van der Waals surface area contributed by atoms with E-state index in [0.29, 0.717) is 0 Å². The van der Waals surface area contributed by atoms with Crippen LogP contribution in [0.4, 0.5) is 0 Å². The summed E-state index contributed by atoms with van der Waals surface area (Å²) in [7, 11) is 0. The van der Waals surface area contributed by atoms with Crippen molar-refractivity contribution in [3.63, 3.8) is 0 Å². The molecule has 0 aromatic heterocycles. The molecule has 2 atom stereocenters. The van der Waals surface area contributed by atoms with Crippen molar-refractivity contribution in [2.75, 3.05) is 13.2 Å². The topological polar surface area (TPSA) is 9.23 Å². The van der Waals surface area contributed by atoms with Crippen molar-refractivity contribution in [3.8, 4) is 0 Å². The van der Waals surface area contributed by atoms with Crippen LogP contribution in [0.15, 0.2) is 0 Å². The van der Waals surface area contributed by atoms with Crippen LogP contribution in [0, 0.1) is 23.7 Å². The predicted octanol–water partition coefficient (Wildman–Crippen LogP) is 1.53. The average Bonchev–Trinajstić information content (AvgIpc) is 2.30. The van der Waals surface area contributed by atoms with Crippen LogP contribution in [-0.4, -0.2) is 13.2 Å². The van der Waals surface area contributed by atoms with E-state index in [4.69, 9.17) is 4.74 Å². The maximum absolute atomic E-state index is 5.29. The zero-order valence-electron chi connectivity index (χ0n) is 6.13. The molecule has 1 aliphatic heterocycles. The monoisotopic (exact) mass is 126 g/mol. The first-order valence-electron chi connectivity index (χ1n) is 3.88. The standard InChI is InChI=1S/C8H14O/c1-5(2)8-6-3-9-4-7(6)8/h5-8H,3-4H2,1-2H3. The highest BCUT2D eigenvalue weighted by atomic mass is 16.5. The molecule has 1 saturated heterocycles. The number of rotatable bonds is 1. The molecule has 2 unspecified atom stereocenters. The fraction of sp³-hybridized carbons (Fsp3) is 1.00. The molecule has 1 heteroatoms. The minimum atomic E-state index is 0.892. The summed E-state index contributed by atoms with van der Waals surface area (Å²) in [6.45, 7) is 6.74. The predicted molar refractivity (Wildman–Crippen MR) is 36.1 cm³/mol. The summed E-state index contributed by atoms with van der Waals surface area (Å²) in [6, 6.07) is 0. The summed E-state index contributed by atoms with van der Waals surface area (Å²) in [5, 5.41) is 0. The molecule has 9 heavy (non-hydrogen) atoms. The fourth-order valence-corrected chi connectivity index (χ4v) is 2.27. The Labute approximate surface area is 56.4 Å². The molecule has 52 valence electrons. The lowest BCUT2D eigenvalue weighted by atomic mass is 10.1. The van der Waals surface area contributed by atoms with E-state index in [1.165, 1.54) is 0 Å². The maximum atomic E-state index is 5.29. The molecule has 2 fully saturated rings. The van der Waals surface area contributed by atoms with E-state index in [0.717, 1.165) is 36.9 Å². The number of fused-ring (bicyclic) bond motifs is 1. The molecule has 0 bridgehead atoms. The van der Waals surface area contributed by atoms with Crippen molar-refractivity contribution < 1.29 is 4.74 Å². The molecule has 0 N–H and O–H groups in total. The van der Waals surface area contributed by atoms with Gasteiger partial charge in [0.25, 0.3) is 0 Å². The molecular weight excluding hydrogens is 112 g/mol. The van der Waals surface area contributed by atoms with Crippen molar-refractivity contribution in [3.05, 3.63) is 0 Å². The van der Waals surface area contributed by atoms with Gasteiger partial charge in [-0.25, -0.2) is 0 Å². The smallest absolute Gasteiger partial charge is 0.0500 e. The highest BCUT2D eigenvalue weighted by molar-refractivity contribution is 5.01. The number of hydrogen-bond acceptors (Lipinski definition) is 1. The normalized spacial score (nSPS) is 47.7. The Morgan fingerprint density at radius 3 is 2.11 bits per heavy atom. The van der Waals surface area contributed by atoms with Gasteiger partial charge in [-0.3, -0.25) is 0 Å². The Morgan fingerprint density at radius 2 is 1.78 bits per heavy atom. The lowest BCUT2D eigenvalue weighted by Crippen LogP contribution is -2.03. The van der Waals surface area contributed by atoms with Gasteiger partial charge in [0.15, 0.2) is 0 Å². The van der Waals surface area contributed by atoms with Crippen molar-refractivity contribution in [1.82, 2.24) is 0 Å². The summed E-state index contributed by atoms with van der Waals surface area (Å²) < 4.78 is 5.29. The van der Waals surface area contributed by atoms with E-state index < -0.39 is 0 Å². The van der Waals surface area contributed by atoms with Crippen LogP contribution in [0.3, 0.4) is 0 Å². The summed E-state index contributed by atoms with van der Waals surface area (Å²) in [5.41, 5.74) is 0. The van der Waals surface area contributed by atoms with Crippen LogP contribution in [-0.2, 0) is 4.74 Å². The second-order valence-electron chi connectivity index (χ2n) is 3.69. The second kappa shape index (κ2) is 1.72. The van der Waals surface area contributed by atoms with Gasteiger partial charge in [0, 0.05) is 0 Å². The van der Waals surface area contributed by atoms with Gasteiger partial charge < -0.3 is 4.74 Å². The van der Waals surface area contributed by atoms with E-state index in [1.807, 2.05) is 0 Å². The van der Waals surface area contributed by atoms with E-state index in [-0.39, 0.29) is 0 Å². The van der Waals surface area contributed by atoms with Crippen LogP contribution in [0.1, 0.15) is 13.8 Å². The molecule has 2 rings (SSSR count). The molecule has 0 aromatic carbocycles. The summed E-state index contributed by atoms with van der Waals surface area (Å²) >= 11 is 0. The zero-order valence-corrected chi connectivity index (χ0v) is 6.13. The van der Waals surface area contributed by atoms with E-state index in [2.05, 4.69) is 13.8 Å². The third-order valence-electron chi connectivity index (χ3n) is 2.79. The SMILES string of the molecule is CC(C)C1C2COCC21. The third-order valence-corrected chi connectivity index (χ3v) is 2.79. The quantitative estimate of drug-likeness (QED) is 0.517. The molecule has 0 amide bonds. The molecule has 1 saturated carbocycles. The first-order chi connectivity index (χ1) is 4.30. The van der Waals surface area contributed by atoms with Crippen molar-refractivity contribution in [1.29, 1.82) is 0 Å². The zero-order chi connectivity index (χ0) is 6.43. The average molecular weight is 126 g/mol. The van der Waals surface area contributed by atoms with Crippen LogP contribution in [0.25, 0.3) is 0 Å². The minimum absolute atomic E-state index is 0.892. The molecule has 0 radical (unpaired) electrons. The summed E-state index contributed by atoms with van der Waals surface area (Å²) in [4.78, 5) is 0. The Bertz CT molecular complexity index is 110. The lowest BCUT2D eigenvalue weighted by molar-refractivity contribution is 0.143. The number of hydrogen-bond donors (Lipinski definition) is 0. The molecule has 0 spiro atoms. The molecule has 1 heterocycles. The minimum Gasteiger partial charge on any atom is -0.381 e. The Morgan fingerprint density at radius 1 is 1.22 bits per heavy atom. The van der Waals surface area contributed by atoms with Crippen LogP contribution in [0.2, 0.25) is 0 Å². The molecular formula is C8H14O. The van der Waals surface area contributed by atoms with Gasteiger partial charge in [0.05, 0.1) is 13.2 Å². The van der Waals surface area contributed by atoms with Crippen molar-refractivity contribution in [2.45, 2.75) is 13.8 Å².